The third-order valence-electron chi connectivity index (χ3n) is 6.47. The van der Waals surface area contributed by atoms with Crippen molar-refractivity contribution in [3.05, 3.63) is 89.9 Å². The molecule has 4 aromatic rings. The smallest absolute Gasteiger partial charge is 0.368 e. The maximum absolute atomic E-state index is 13.1. The van der Waals surface area contributed by atoms with E-state index in [9.17, 15) is 18.0 Å². The molecule has 3 heterocycles. The lowest BCUT2D eigenvalue weighted by Gasteiger charge is -2.37. The van der Waals surface area contributed by atoms with Crippen LogP contribution in [-0.2, 0) is 12.6 Å². The molecule has 9 heteroatoms. The van der Waals surface area contributed by atoms with Gasteiger partial charge in [-0.05, 0) is 48.9 Å². The first-order valence-corrected chi connectivity index (χ1v) is 11.9. The molecule has 1 saturated heterocycles. The summed E-state index contributed by atoms with van der Waals surface area (Å²) in [6.07, 6.45) is -2.05. The molecule has 2 aromatic heterocycles. The molecule has 0 aliphatic carbocycles. The van der Waals surface area contributed by atoms with Crippen LogP contribution in [0.5, 0.6) is 0 Å². The van der Waals surface area contributed by atoms with Crippen LogP contribution in [0.15, 0.2) is 72.9 Å². The Bertz CT molecular complexity index is 1360. The number of piperazine rings is 1. The van der Waals surface area contributed by atoms with E-state index in [1.54, 1.807) is 4.40 Å². The van der Waals surface area contributed by atoms with Crippen molar-refractivity contribution in [2.45, 2.75) is 19.5 Å². The molecule has 1 aliphatic rings. The molecule has 1 amide bonds. The molecular formula is C27H26F3N5O. The Kier molecular flexibility index (Phi) is 6.30. The minimum absolute atomic E-state index is 0.290. The summed E-state index contributed by atoms with van der Waals surface area (Å²) in [7, 11) is 0. The highest BCUT2D eigenvalue weighted by Gasteiger charge is 2.30. The Balaban J connectivity index is 1.33. The number of benzene rings is 2. The molecule has 1 N–H and O–H groups in total. The molecule has 0 unspecified atom stereocenters. The summed E-state index contributed by atoms with van der Waals surface area (Å²) >= 11 is 0. The number of anilines is 3. The molecule has 1 aliphatic heterocycles. The highest BCUT2D eigenvalue weighted by Crippen LogP contribution is 2.30. The van der Waals surface area contributed by atoms with Crippen LogP contribution in [0.3, 0.4) is 0 Å². The number of hydrogen-bond donors (Lipinski definition) is 1. The lowest BCUT2D eigenvalue weighted by Crippen LogP contribution is -2.46. The summed E-state index contributed by atoms with van der Waals surface area (Å²) in [6.45, 7) is 5.47. The van der Waals surface area contributed by atoms with E-state index in [4.69, 9.17) is 0 Å². The largest absolute Gasteiger partial charge is 0.416 e. The monoisotopic (exact) mass is 493 g/mol. The van der Waals surface area contributed by atoms with Crippen LogP contribution in [0.2, 0.25) is 0 Å². The van der Waals surface area contributed by atoms with Crippen LogP contribution in [0.25, 0.3) is 5.65 Å². The fourth-order valence-electron chi connectivity index (χ4n) is 4.56. The van der Waals surface area contributed by atoms with Gasteiger partial charge in [-0.25, -0.2) is 4.98 Å². The summed E-state index contributed by atoms with van der Waals surface area (Å²) < 4.78 is 40.3. The summed E-state index contributed by atoms with van der Waals surface area (Å²) in [5, 5.41) is 2.71. The van der Waals surface area contributed by atoms with Crippen LogP contribution in [-0.4, -0.2) is 41.5 Å². The normalized spacial score (nSPS) is 14.3. The van der Waals surface area contributed by atoms with E-state index in [1.807, 2.05) is 43.5 Å². The topological polar surface area (TPSA) is 52.9 Å². The van der Waals surface area contributed by atoms with E-state index < -0.39 is 17.6 Å². The Morgan fingerprint density at radius 1 is 0.917 bits per heavy atom. The molecule has 5 rings (SSSR count). The molecule has 0 atom stereocenters. The van der Waals surface area contributed by atoms with Crippen LogP contribution < -0.4 is 15.1 Å². The Morgan fingerprint density at radius 3 is 2.17 bits per heavy atom. The standard InChI is InChI=1S/C27H26F3N5O/c1-2-23-25(26(36)31-20-10-8-19(9-11-20)27(28,29)30)35-13-12-22(18-24(35)32-23)34-16-14-33(15-17-34)21-6-4-3-5-7-21/h3-13,18H,2,14-17H2,1H3,(H,31,36). The second kappa shape index (κ2) is 9.56. The first kappa shape index (κ1) is 23.7. The van der Waals surface area contributed by atoms with Gasteiger partial charge in [0, 0.05) is 55.5 Å². The molecule has 0 spiro atoms. The number of aromatic nitrogens is 2. The van der Waals surface area contributed by atoms with Gasteiger partial charge in [0.25, 0.3) is 5.91 Å². The molecule has 0 bridgehead atoms. The lowest BCUT2D eigenvalue weighted by atomic mass is 10.2. The quantitative estimate of drug-likeness (QED) is 0.399. The van der Waals surface area contributed by atoms with Gasteiger partial charge < -0.3 is 15.1 Å². The van der Waals surface area contributed by atoms with Gasteiger partial charge in [-0.1, -0.05) is 25.1 Å². The van der Waals surface area contributed by atoms with Crippen molar-refractivity contribution in [1.29, 1.82) is 0 Å². The number of fused-ring (bicyclic) bond motifs is 1. The van der Waals surface area contributed by atoms with Crippen molar-refractivity contribution in [3.8, 4) is 0 Å². The van der Waals surface area contributed by atoms with Gasteiger partial charge in [-0.3, -0.25) is 9.20 Å². The average molecular weight is 494 g/mol. The SMILES string of the molecule is CCc1nc2cc(N3CCN(c4ccccc4)CC3)ccn2c1C(=O)Nc1ccc(C(F)(F)F)cc1. The van der Waals surface area contributed by atoms with E-state index in [0.29, 0.717) is 23.5 Å². The molecule has 0 radical (unpaired) electrons. The van der Waals surface area contributed by atoms with E-state index in [-0.39, 0.29) is 5.69 Å². The number of aryl methyl sites for hydroxylation is 1. The summed E-state index contributed by atoms with van der Waals surface area (Å²) in [5.41, 5.74) is 3.46. The number of para-hydroxylation sites is 1. The molecular weight excluding hydrogens is 467 g/mol. The van der Waals surface area contributed by atoms with Gasteiger partial charge >= 0.3 is 6.18 Å². The number of rotatable bonds is 5. The van der Waals surface area contributed by atoms with Crippen molar-refractivity contribution < 1.29 is 18.0 Å². The van der Waals surface area contributed by atoms with Crippen LogP contribution >= 0.6 is 0 Å². The van der Waals surface area contributed by atoms with Gasteiger partial charge in [-0.15, -0.1) is 0 Å². The Labute approximate surface area is 207 Å². The summed E-state index contributed by atoms with van der Waals surface area (Å²) in [4.78, 5) is 22.4. The molecule has 36 heavy (non-hydrogen) atoms. The predicted molar refractivity (Wildman–Crippen MR) is 135 cm³/mol. The maximum atomic E-state index is 13.1. The zero-order valence-corrected chi connectivity index (χ0v) is 19.8. The Hall–Kier alpha value is -4.01. The Morgan fingerprint density at radius 2 is 1.56 bits per heavy atom. The lowest BCUT2D eigenvalue weighted by molar-refractivity contribution is -0.137. The van der Waals surface area contributed by atoms with Crippen LogP contribution in [0.4, 0.5) is 30.2 Å². The average Bonchev–Trinajstić information content (AvgIpc) is 3.27. The third kappa shape index (κ3) is 4.73. The van der Waals surface area contributed by atoms with E-state index in [0.717, 1.165) is 44.0 Å². The molecule has 2 aromatic carbocycles. The van der Waals surface area contributed by atoms with Crippen molar-refractivity contribution in [2.24, 2.45) is 0 Å². The number of nitrogens with zero attached hydrogens (tertiary/aromatic N) is 4. The van der Waals surface area contributed by atoms with E-state index in [2.05, 4.69) is 32.2 Å². The molecule has 1 fully saturated rings. The zero-order valence-electron chi connectivity index (χ0n) is 19.8. The predicted octanol–water partition coefficient (Wildman–Crippen LogP) is 5.49. The van der Waals surface area contributed by atoms with Crippen molar-refractivity contribution in [3.63, 3.8) is 0 Å². The fourth-order valence-corrected chi connectivity index (χ4v) is 4.56. The molecule has 0 saturated carbocycles. The van der Waals surface area contributed by atoms with Gasteiger partial charge in [-0.2, -0.15) is 13.2 Å². The number of nitrogens with one attached hydrogen (secondary N) is 1. The van der Waals surface area contributed by atoms with Gasteiger partial charge in [0.1, 0.15) is 11.3 Å². The van der Waals surface area contributed by atoms with Crippen molar-refractivity contribution in [1.82, 2.24) is 9.38 Å². The molecule has 186 valence electrons. The second-order valence-corrected chi connectivity index (χ2v) is 8.71. The number of hydrogen-bond acceptors (Lipinski definition) is 4. The van der Waals surface area contributed by atoms with E-state index in [1.165, 1.54) is 17.8 Å². The second-order valence-electron chi connectivity index (χ2n) is 8.71. The van der Waals surface area contributed by atoms with Crippen LogP contribution in [0.1, 0.15) is 28.7 Å². The van der Waals surface area contributed by atoms with Crippen molar-refractivity contribution >= 4 is 28.6 Å². The highest BCUT2D eigenvalue weighted by molar-refractivity contribution is 6.04. The first-order valence-electron chi connectivity index (χ1n) is 11.9. The number of pyridine rings is 1. The summed E-state index contributed by atoms with van der Waals surface area (Å²) in [6, 6.07) is 18.7. The van der Waals surface area contributed by atoms with Gasteiger partial charge in [0.05, 0.1) is 11.3 Å². The fraction of sp³-hybridized carbons (Fsp3) is 0.259. The van der Waals surface area contributed by atoms with Crippen molar-refractivity contribution in [2.75, 3.05) is 41.3 Å². The zero-order chi connectivity index (χ0) is 25.3. The number of amides is 1. The number of imidazole rings is 1. The first-order chi connectivity index (χ1) is 17.3. The number of halogens is 3. The maximum Gasteiger partial charge on any atom is 0.416 e. The van der Waals surface area contributed by atoms with E-state index >= 15 is 0 Å². The third-order valence-corrected chi connectivity index (χ3v) is 6.47. The van der Waals surface area contributed by atoms with Gasteiger partial charge in [0.15, 0.2) is 0 Å². The molecule has 6 nitrogen and oxygen atoms in total. The number of carbonyl (C=O) groups is 1. The minimum Gasteiger partial charge on any atom is -0.368 e. The highest BCUT2D eigenvalue weighted by atomic mass is 19.4. The van der Waals surface area contributed by atoms with Gasteiger partial charge in [0.2, 0.25) is 0 Å². The number of carbonyl (C=O) groups excluding carboxylic acids is 1. The minimum atomic E-state index is -4.43. The number of alkyl halides is 3. The summed E-state index contributed by atoms with van der Waals surface area (Å²) in [5.74, 6) is -0.414. The van der Waals surface area contributed by atoms with Crippen LogP contribution in [0, 0.1) is 0 Å².